The van der Waals surface area contributed by atoms with Crippen LogP contribution < -0.4 is 0 Å². The largest absolute Gasteiger partial charge is 0.466 e. The number of carbonyl (C=O) groups is 2. The van der Waals surface area contributed by atoms with Gasteiger partial charge in [0.2, 0.25) is 0 Å². The summed E-state index contributed by atoms with van der Waals surface area (Å²) in [6.07, 6.45) is 54.7. The van der Waals surface area contributed by atoms with E-state index in [0.717, 1.165) is 50.4 Å². The molecule has 0 atom stereocenters. The molecule has 0 radical (unpaired) electrons. The molecule has 0 unspecified atom stereocenters. The van der Waals surface area contributed by atoms with E-state index in [4.69, 9.17) is 9.47 Å². The normalized spacial score (nSPS) is 11.8. The topological polar surface area (TPSA) is 55.8 Å². The molecule has 0 saturated heterocycles. The molecule has 0 N–H and O–H groups in total. The molecule has 370 valence electrons. The van der Waals surface area contributed by atoms with Gasteiger partial charge in [0, 0.05) is 12.8 Å². The van der Waals surface area contributed by atoms with E-state index in [1.807, 2.05) is 0 Å². The zero-order valence-corrected chi connectivity index (χ0v) is 44.1. The molecular formula is C56H112NO4P. The Morgan fingerprint density at radius 1 is 0.371 bits per heavy atom. The van der Waals surface area contributed by atoms with Crippen molar-refractivity contribution >= 4 is 19.9 Å². The highest BCUT2D eigenvalue weighted by molar-refractivity contribution is 7.57. The van der Waals surface area contributed by atoms with E-state index in [2.05, 4.69) is 46.7 Å². The van der Waals surface area contributed by atoms with Gasteiger partial charge in [-0.25, -0.2) is 0 Å². The van der Waals surface area contributed by atoms with Crippen molar-refractivity contribution in [3.8, 4) is 0 Å². The van der Waals surface area contributed by atoms with Crippen molar-refractivity contribution in [1.29, 1.82) is 0 Å². The summed E-state index contributed by atoms with van der Waals surface area (Å²) in [5.41, 5.74) is 0. The van der Waals surface area contributed by atoms with E-state index in [9.17, 15) is 9.59 Å². The first-order chi connectivity index (χ1) is 30.4. The lowest BCUT2D eigenvalue weighted by atomic mass is 9.90. The summed E-state index contributed by atoms with van der Waals surface area (Å²) in [7, 11) is 4.50. The molecule has 0 aliphatic rings. The smallest absolute Gasteiger partial charge is 0.305 e. The number of rotatable bonds is 51. The summed E-state index contributed by atoms with van der Waals surface area (Å²) in [5.74, 6) is 1.79. The summed E-state index contributed by atoms with van der Waals surface area (Å²) in [6.45, 7) is 11.6. The first-order valence-electron chi connectivity index (χ1n) is 28.0. The predicted molar refractivity (Wildman–Crippen MR) is 276 cm³/mol. The van der Waals surface area contributed by atoms with Crippen molar-refractivity contribution in [1.82, 2.24) is 4.90 Å². The summed E-state index contributed by atoms with van der Waals surface area (Å²) in [5, 5.41) is 0. The van der Waals surface area contributed by atoms with Gasteiger partial charge in [-0.2, -0.15) is 0 Å². The highest BCUT2D eigenvalue weighted by Crippen LogP contribution is 2.39. The average molecular weight is 894 g/mol. The van der Waals surface area contributed by atoms with Crippen LogP contribution in [0.5, 0.6) is 0 Å². The molecule has 0 heterocycles. The number of unbranched alkanes of at least 4 members (excludes halogenated alkanes) is 23. The molecule has 0 saturated carbocycles. The van der Waals surface area contributed by atoms with Crippen molar-refractivity contribution in [3.63, 3.8) is 0 Å². The van der Waals surface area contributed by atoms with Gasteiger partial charge in [-0.1, -0.05) is 207 Å². The molecule has 0 aromatic rings. The van der Waals surface area contributed by atoms with Crippen LogP contribution in [0.2, 0.25) is 0 Å². The molecule has 0 aromatic heterocycles. The number of carbonyl (C=O) groups excluding carboxylic acids is 2. The van der Waals surface area contributed by atoms with Gasteiger partial charge in [-0.3, -0.25) is 9.59 Å². The van der Waals surface area contributed by atoms with Crippen LogP contribution in [0.3, 0.4) is 0 Å². The van der Waals surface area contributed by atoms with E-state index in [0.29, 0.717) is 26.1 Å². The highest BCUT2D eigenvalue weighted by atomic mass is 31.1. The van der Waals surface area contributed by atoms with Gasteiger partial charge in [-0.15, -0.1) is 7.92 Å². The van der Waals surface area contributed by atoms with Crippen LogP contribution in [0, 0.1) is 11.8 Å². The summed E-state index contributed by atoms with van der Waals surface area (Å²) < 4.78 is 11.3. The first-order valence-corrected chi connectivity index (χ1v) is 29.9. The van der Waals surface area contributed by atoms with Gasteiger partial charge >= 0.3 is 11.9 Å². The summed E-state index contributed by atoms with van der Waals surface area (Å²) in [4.78, 5) is 27.1. The molecule has 0 aromatic carbocycles. The Morgan fingerprint density at radius 3 is 1.00 bits per heavy atom. The van der Waals surface area contributed by atoms with Crippen molar-refractivity contribution in [2.45, 2.75) is 285 Å². The lowest BCUT2D eigenvalue weighted by Crippen LogP contribution is -2.13. The molecule has 0 spiro atoms. The molecule has 5 nitrogen and oxygen atoms in total. The Balaban J connectivity index is 4.14. The Hall–Kier alpha value is -0.670. The van der Waals surface area contributed by atoms with Gasteiger partial charge in [0.25, 0.3) is 0 Å². The van der Waals surface area contributed by atoms with Crippen LogP contribution in [0.1, 0.15) is 285 Å². The minimum Gasteiger partial charge on any atom is -0.466 e. The third-order valence-corrected chi connectivity index (χ3v) is 16.3. The van der Waals surface area contributed by atoms with E-state index in [1.54, 1.807) is 0 Å². The van der Waals surface area contributed by atoms with E-state index in [1.165, 1.54) is 230 Å². The van der Waals surface area contributed by atoms with Gasteiger partial charge in [-0.05, 0) is 115 Å². The number of hydrogen-bond acceptors (Lipinski definition) is 5. The lowest BCUT2D eigenvalue weighted by molar-refractivity contribution is -0.144. The van der Waals surface area contributed by atoms with Crippen molar-refractivity contribution in [2.24, 2.45) is 11.8 Å². The molecule has 6 heteroatoms. The molecular weight excluding hydrogens is 782 g/mol. The third kappa shape index (κ3) is 45.9. The van der Waals surface area contributed by atoms with Crippen LogP contribution >= 0.6 is 7.92 Å². The van der Waals surface area contributed by atoms with Crippen LogP contribution in [0.15, 0.2) is 0 Å². The Kier molecular flexibility index (Phi) is 49.2. The third-order valence-electron chi connectivity index (χ3n) is 13.4. The number of nitrogens with zero attached hydrogens (tertiary/aromatic N) is 1. The van der Waals surface area contributed by atoms with E-state index in [-0.39, 0.29) is 19.9 Å². The summed E-state index contributed by atoms with van der Waals surface area (Å²) in [6, 6.07) is 0. The van der Waals surface area contributed by atoms with Crippen molar-refractivity contribution < 1.29 is 19.1 Å². The zero-order chi connectivity index (χ0) is 45.4. The number of ether oxygens (including phenoxy) is 2. The second kappa shape index (κ2) is 49.8. The Bertz CT molecular complexity index is 826. The average Bonchev–Trinajstić information content (AvgIpc) is 3.26. The molecule has 0 fully saturated rings. The van der Waals surface area contributed by atoms with Crippen LogP contribution in [-0.4, -0.2) is 69.2 Å². The van der Waals surface area contributed by atoms with Crippen LogP contribution in [0.25, 0.3) is 0 Å². The maximum absolute atomic E-state index is 12.4. The fourth-order valence-electron chi connectivity index (χ4n) is 9.26. The molecule has 62 heavy (non-hydrogen) atoms. The quantitative estimate of drug-likeness (QED) is 0.0346. The molecule has 0 bridgehead atoms. The minimum atomic E-state index is 0.0208. The Morgan fingerprint density at radius 2 is 0.661 bits per heavy atom. The van der Waals surface area contributed by atoms with Gasteiger partial charge < -0.3 is 14.4 Å². The van der Waals surface area contributed by atoms with Crippen molar-refractivity contribution in [3.05, 3.63) is 0 Å². The summed E-state index contributed by atoms with van der Waals surface area (Å²) >= 11 is 0. The van der Waals surface area contributed by atoms with Gasteiger partial charge in [0.15, 0.2) is 0 Å². The fourth-order valence-corrected chi connectivity index (χ4v) is 11.9. The van der Waals surface area contributed by atoms with Crippen molar-refractivity contribution in [2.75, 3.05) is 52.3 Å². The monoisotopic (exact) mass is 894 g/mol. The molecule has 0 aliphatic heterocycles. The van der Waals surface area contributed by atoms with Crippen LogP contribution in [-0.2, 0) is 19.1 Å². The zero-order valence-electron chi connectivity index (χ0n) is 43.2. The number of esters is 2. The van der Waals surface area contributed by atoms with Gasteiger partial charge in [0.05, 0.1) is 13.2 Å². The Labute approximate surface area is 391 Å². The lowest BCUT2D eigenvalue weighted by Gasteiger charge is -2.18. The number of hydrogen-bond donors (Lipinski definition) is 0. The molecule has 0 aliphatic carbocycles. The highest BCUT2D eigenvalue weighted by Gasteiger charge is 2.12. The van der Waals surface area contributed by atoms with Crippen LogP contribution in [0.4, 0.5) is 0 Å². The first kappa shape index (κ1) is 61.3. The SMILES string of the molecule is CCCCCCC(CCCCCC)CCCCOC(=O)CCCCCCCP(CCCCCCCC(=O)OCCCCC(CCCCCC)CCCCCC)CCCCN(C)C. The maximum atomic E-state index is 12.4. The molecule has 0 rings (SSSR count). The van der Waals surface area contributed by atoms with Gasteiger partial charge in [0.1, 0.15) is 0 Å². The standard InChI is InChI=1S/C56H112NO4P/c1-7-11-15-25-39-53(40-26-16-12-8-2)43-31-34-48-60-55(58)45-29-21-19-23-36-50-62(52-38-33-47-57(5)6)51-37-24-20-22-30-46-56(59)61-49-35-32-44-54(41-27-17-13-9-3)42-28-18-14-10-4/h53-54H,7-52H2,1-6H3. The molecule has 0 amide bonds. The minimum absolute atomic E-state index is 0.0208. The second-order valence-electron chi connectivity index (χ2n) is 19.9. The predicted octanol–water partition coefficient (Wildman–Crippen LogP) is 18.0. The fraction of sp³-hybridized carbons (Fsp3) is 0.964. The van der Waals surface area contributed by atoms with E-state index >= 15 is 0 Å². The second-order valence-corrected chi connectivity index (χ2v) is 22.6. The van der Waals surface area contributed by atoms with E-state index < -0.39 is 0 Å². The maximum Gasteiger partial charge on any atom is 0.305 e.